The van der Waals surface area contributed by atoms with E-state index in [1.165, 1.54) is 0 Å². The number of hydrogen-bond donors (Lipinski definition) is 1. The van der Waals surface area contributed by atoms with Crippen molar-refractivity contribution in [3.8, 4) is 11.5 Å². The Kier molecular flexibility index (Phi) is 4.77. The van der Waals surface area contributed by atoms with E-state index in [0.29, 0.717) is 36.7 Å². The summed E-state index contributed by atoms with van der Waals surface area (Å²) in [6.45, 7) is 2.17. The fourth-order valence-corrected chi connectivity index (χ4v) is 3.93. The number of carbonyl (C=O) groups is 1. The second kappa shape index (κ2) is 7.72. The van der Waals surface area contributed by atoms with Gasteiger partial charge in [-0.3, -0.25) is 9.69 Å². The van der Waals surface area contributed by atoms with Gasteiger partial charge in [0.1, 0.15) is 29.3 Å². The molecule has 5 rings (SSSR count). The summed E-state index contributed by atoms with van der Waals surface area (Å²) in [5.74, 6) is 1.38. The number of nitrogens with zero attached hydrogens (tertiary/aromatic N) is 1. The van der Waals surface area contributed by atoms with E-state index in [1.54, 1.807) is 7.11 Å². The van der Waals surface area contributed by atoms with Crippen molar-refractivity contribution in [2.75, 3.05) is 32.1 Å². The number of nitrogens with one attached hydrogen (secondary N) is 1. The lowest BCUT2D eigenvalue weighted by Crippen LogP contribution is -2.34. The van der Waals surface area contributed by atoms with E-state index in [1.807, 2.05) is 60.7 Å². The van der Waals surface area contributed by atoms with E-state index in [4.69, 9.17) is 13.9 Å². The molecular formula is C24H22N2O4. The minimum absolute atomic E-state index is 0.108. The molecule has 0 bridgehead atoms. The van der Waals surface area contributed by atoms with Crippen molar-refractivity contribution in [3.63, 3.8) is 0 Å². The van der Waals surface area contributed by atoms with Gasteiger partial charge in [-0.15, -0.1) is 0 Å². The highest BCUT2D eigenvalue weighted by Gasteiger charge is 2.19. The predicted octanol–water partition coefficient (Wildman–Crippen LogP) is 4.43. The molecule has 0 unspecified atom stereocenters. The Morgan fingerprint density at radius 2 is 1.90 bits per heavy atom. The number of furan rings is 1. The number of carbonyl (C=O) groups excluding carboxylic acids is 1. The molecule has 6 heteroatoms. The number of rotatable bonds is 4. The molecule has 1 aliphatic rings. The van der Waals surface area contributed by atoms with E-state index >= 15 is 0 Å². The van der Waals surface area contributed by atoms with Gasteiger partial charge in [0.05, 0.1) is 19.3 Å². The summed E-state index contributed by atoms with van der Waals surface area (Å²) < 4.78 is 17.3. The van der Waals surface area contributed by atoms with Gasteiger partial charge in [-0.25, -0.2) is 0 Å². The number of para-hydroxylation sites is 2. The zero-order chi connectivity index (χ0) is 20.5. The summed E-state index contributed by atoms with van der Waals surface area (Å²) in [5.41, 5.74) is 3.20. The highest BCUT2D eigenvalue weighted by molar-refractivity contribution is 6.07. The Hall–Kier alpha value is -3.51. The molecule has 1 aliphatic heterocycles. The molecule has 0 aliphatic carbocycles. The monoisotopic (exact) mass is 402 g/mol. The highest BCUT2D eigenvalue weighted by Crippen LogP contribution is 2.36. The first-order chi connectivity index (χ1) is 14.7. The number of ether oxygens (including phenoxy) is 2. The molecular weight excluding hydrogens is 380 g/mol. The molecule has 0 saturated heterocycles. The van der Waals surface area contributed by atoms with Gasteiger partial charge in [-0.2, -0.15) is 0 Å². The smallest absolute Gasteiger partial charge is 0.238 e. The van der Waals surface area contributed by atoms with Crippen LogP contribution in [0.2, 0.25) is 0 Å². The lowest BCUT2D eigenvalue weighted by atomic mass is 10.1. The molecule has 3 aromatic carbocycles. The maximum Gasteiger partial charge on any atom is 0.238 e. The Bertz CT molecular complexity index is 1230. The molecule has 0 atom stereocenters. The topological polar surface area (TPSA) is 63.9 Å². The number of hydrogen-bond acceptors (Lipinski definition) is 5. The maximum atomic E-state index is 12.8. The Labute approximate surface area is 174 Å². The van der Waals surface area contributed by atoms with E-state index in [9.17, 15) is 4.79 Å². The minimum Gasteiger partial charge on any atom is -0.495 e. The standard InChI is InChI=1S/C24H22N2O4/c1-28-23-12-18-17-7-3-5-9-21(17)30-22(18)13-19(23)25-24(27)15-26-10-11-29-20-8-4-2-6-16(20)14-26/h2-9,12-13H,10-11,14-15H2,1H3,(H,25,27). The van der Waals surface area contributed by atoms with Gasteiger partial charge in [0.15, 0.2) is 0 Å². The number of benzene rings is 3. The SMILES string of the molecule is COc1cc2c(cc1NC(=O)CN1CCOc3ccccc3C1)oc1ccccc12. The molecule has 4 aromatic rings. The summed E-state index contributed by atoms with van der Waals surface area (Å²) >= 11 is 0. The average Bonchev–Trinajstić information content (AvgIpc) is 2.98. The number of anilines is 1. The second-order valence-corrected chi connectivity index (χ2v) is 7.36. The summed E-state index contributed by atoms with van der Waals surface area (Å²) in [4.78, 5) is 14.9. The van der Waals surface area contributed by atoms with Gasteiger partial charge in [0.25, 0.3) is 0 Å². The van der Waals surface area contributed by atoms with Crippen LogP contribution in [0, 0.1) is 0 Å². The molecule has 30 heavy (non-hydrogen) atoms. The Balaban J connectivity index is 1.37. The molecule has 6 nitrogen and oxygen atoms in total. The number of methoxy groups -OCH3 is 1. The summed E-state index contributed by atoms with van der Waals surface area (Å²) in [6.07, 6.45) is 0. The molecule has 1 N–H and O–H groups in total. The molecule has 0 radical (unpaired) electrons. The third kappa shape index (κ3) is 3.46. The lowest BCUT2D eigenvalue weighted by Gasteiger charge is -2.19. The highest BCUT2D eigenvalue weighted by atomic mass is 16.5. The van der Waals surface area contributed by atoms with Gasteiger partial charge < -0.3 is 19.2 Å². The van der Waals surface area contributed by atoms with Crippen LogP contribution in [-0.2, 0) is 11.3 Å². The Morgan fingerprint density at radius 3 is 2.80 bits per heavy atom. The van der Waals surface area contributed by atoms with Crippen LogP contribution in [0.4, 0.5) is 5.69 Å². The maximum absolute atomic E-state index is 12.8. The number of amides is 1. The van der Waals surface area contributed by atoms with Crippen LogP contribution in [0.1, 0.15) is 5.56 Å². The lowest BCUT2D eigenvalue weighted by molar-refractivity contribution is -0.117. The van der Waals surface area contributed by atoms with Crippen molar-refractivity contribution in [2.45, 2.75) is 6.54 Å². The van der Waals surface area contributed by atoms with Gasteiger partial charge >= 0.3 is 0 Å². The van der Waals surface area contributed by atoms with Crippen molar-refractivity contribution in [1.82, 2.24) is 4.90 Å². The van der Waals surface area contributed by atoms with Crippen molar-refractivity contribution >= 4 is 33.5 Å². The molecule has 152 valence electrons. The number of fused-ring (bicyclic) bond motifs is 4. The van der Waals surface area contributed by atoms with Crippen LogP contribution in [0.15, 0.2) is 65.1 Å². The van der Waals surface area contributed by atoms with E-state index in [0.717, 1.165) is 27.7 Å². The van der Waals surface area contributed by atoms with Gasteiger partial charge in [0.2, 0.25) is 5.91 Å². The predicted molar refractivity (Wildman–Crippen MR) is 116 cm³/mol. The third-order valence-corrected chi connectivity index (χ3v) is 5.37. The third-order valence-electron chi connectivity index (χ3n) is 5.37. The second-order valence-electron chi connectivity index (χ2n) is 7.36. The summed E-state index contributed by atoms with van der Waals surface area (Å²) in [7, 11) is 1.60. The quantitative estimate of drug-likeness (QED) is 0.547. The van der Waals surface area contributed by atoms with Crippen molar-refractivity contribution in [3.05, 3.63) is 66.2 Å². The van der Waals surface area contributed by atoms with E-state index in [2.05, 4.69) is 10.2 Å². The zero-order valence-electron chi connectivity index (χ0n) is 16.7. The summed E-state index contributed by atoms with van der Waals surface area (Å²) in [5, 5.41) is 4.96. The first-order valence-corrected chi connectivity index (χ1v) is 9.93. The molecule has 1 amide bonds. The van der Waals surface area contributed by atoms with Crippen LogP contribution < -0.4 is 14.8 Å². The normalized spacial score (nSPS) is 14.2. The van der Waals surface area contributed by atoms with Crippen molar-refractivity contribution < 1.29 is 18.7 Å². The fraction of sp³-hybridized carbons (Fsp3) is 0.208. The van der Waals surface area contributed by atoms with Crippen LogP contribution in [0.3, 0.4) is 0 Å². The molecule has 0 spiro atoms. The molecule has 0 fully saturated rings. The molecule has 0 saturated carbocycles. The van der Waals surface area contributed by atoms with Crippen LogP contribution in [0.5, 0.6) is 11.5 Å². The van der Waals surface area contributed by atoms with Crippen molar-refractivity contribution in [2.24, 2.45) is 0 Å². The Morgan fingerprint density at radius 1 is 1.07 bits per heavy atom. The largest absolute Gasteiger partial charge is 0.495 e. The van der Waals surface area contributed by atoms with Crippen LogP contribution >= 0.6 is 0 Å². The summed E-state index contributed by atoms with van der Waals surface area (Å²) in [6, 6.07) is 19.5. The van der Waals surface area contributed by atoms with Gasteiger partial charge in [-0.1, -0.05) is 36.4 Å². The molecule has 2 heterocycles. The van der Waals surface area contributed by atoms with Gasteiger partial charge in [0, 0.05) is 35.5 Å². The molecule has 1 aromatic heterocycles. The van der Waals surface area contributed by atoms with Crippen molar-refractivity contribution in [1.29, 1.82) is 0 Å². The first kappa shape index (κ1) is 18.5. The zero-order valence-corrected chi connectivity index (χ0v) is 16.7. The minimum atomic E-state index is -0.108. The first-order valence-electron chi connectivity index (χ1n) is 9.93. The average molecular weight is 402 g/mol. The van der Waals surface area contributed by atoms with E-state index < -0.39 is 0 Å². The van der Waals surface area contributed by atoms with E-state index in [-0.39, 0.29) is 12.5 Å². The van der Waals surface area contributed by atoms with Crippen LogP contribution in [-0.4, -0.2) is 37.6 Å². The van der Waals surface area contributed by atoms with Gasteiger partial charge in [-0.05, 0) is 18.2 Å². The van der Waals surface area contributed by atoms with Crippen LogP contribution in [0.25, 0.3) is 21.9 Å². The fourth-order valence-electron chi connectivity index (χ4n) is 3.93.